The van der Waals surface area contributed by atoms with Crippen molar-refractivity contribution in [3.8, 4) is 0 Å². The minimum Gasteiger partial charge on any atom is -0.412 e. The fourth-order valence-electron chi connectivity index (χ4n) is 4.33. The van der Waals surface area contributed by atoms with E-state index in [1.807, 2.05) is 0 Å². The highest BCUT2D eigenvalue weighted by Crippen LogP contribution is 2.19. The normalized spacial score (nSPS) is 27.9. The van der Waals surface area contributed by atoms with E-state index in [-0.39, 0.29) is 6.04 Å². The summed E-state index contributed by atoms with van der Waals surface area (Å²) in [6.07, 6.45) is 4.58. The SMILES string of the molecule is O=S1(=O)CC[C@H](N2CCN(Cn3nc(CN4CCCCC4)oc3=S)CC2)C1. The molecule has 3 aliphatic heterocycles. The van der Waals surface area contributed by atoms with E-state index in [1.54, 1.807) is 4.68 Å². The quantitative estimate of drug-likeness (QED) is 0.658. The van der Waals surface area contributed by atoms with Crippen molar-refractivity contribution < 1.29 is 12.8 Å². The largest absolute Gasteiger partial charge is 0.412 e. The Labute approximate surface area is 166 Å². The number of piperidine rings is 1. The van der Waals surface area contributed by atoms with Crippen molar-refractivity contribution in [1.29, 1.82) is 0 Å². The fourth-order valence-corrected chi connectivity index (χ4v) is 6.29. The minimum absolute atomic E-state index is 0.197. The predicted octanol–water partition coefficient (Wildman–Crippen LogP) is 0.954. The van der Waals surface area contributed by atoms with Crippen molar-refractivity contribution in [2.24, 2.45) is 0 Å². The molecule has 0 saturated carbocycles. The summed E-state index contributed by atoms with van der Waals surface area (Å²) in [6, 6.07) is 0.197. The van der Waals surface area contributed by atoms with Crippen LogP contribution < -0.4 is 0 Å². The van der Waals surface area contributed by atoms with Gasteiger partial charge in [0.05, 0.1) is 24.7 Å². The second kappa shape index (κ2) is 8.28. The standard InChI is InChI=1S/C17H29N5O3S2/c23-27(24)11-4-15(13-27)21-9-7-20(8-10-21)14-22-17(26)25-16(18-22)12-19-5-2-1-3-6-19/h15H,1-14H2/t15-/m0/s1. The Morgan fingerprint density at radius 1 is 1.04 bits per heavy atom. The van der Waals surface area contributed by atoms with Crippen molar-refractivity contribution in [3.05, 3.63) is 10.7 Å². The summed E-state index contributed by atoms with van der Waals surface area (Å²) in [4.78, 5) is 7.45. The maximum absolute atomic E-state index is 11.7. The summed E-state index contributed by atoms with van der Waals surface area (Å²) in [5.74, 6) is 1.36. The third kappa shape index (κ3) is 4.97. The summed E-state index contributed by atoms with van der Waals surface area (Å²) in [5, 5.41) is 4.58. The molecule has 4 heterocycles. The first-order chi connectivity index (χ1) is 13.0. The van der Waals surface area contributed by atoms with Crippen LogP contribution in [-0.4, -0.2) is 89.7 Å². The van der Waals surface area contributed by atoms with Crippen molar-refractivity contribution in [2.75, 3.05) is 50.8 Å². The van der Waals surface area contributed by atoms with Gasteiger partial charge in [-0.1, -0.05) is 6.42 Å². The highest BCUT2D eigenvalue weighted by molar-refractivity contribution is 7.91. The minimum atomic E-state index is -2.82. The first kappa shape index (κ1) is 19.5. The Morgan fingerprint density at radius 3 is 2.44 bits per heavy atom. The smallest absolute Gasteiger partial charge is 0.288 e. The van der Waals surface area contributed by atoms with Crippen LogP contribution in [0.1, 0.15) is 31.6 Å². The molecule has 8 nitrogen and oxygen atoms in total. The lowest BCUT2D eigenvalue weighted by Gasteiger charge is -2.37. The Hall–Kier alpha value is -0.810. The number of piperazine rings is 1. The lowest BCUT2D eigenvalue weighted by atomic mass is 10.1. The highest BCUT2D eigenvalue weighted by atomic mass is 32.2. The fraction of sp³-hybridized carbons (Fsp3) is 0.882. The summed E-state index contributed by atoms with van der Waals surface area (Å²) < 4.78 is 30.9. The molecule has 1 aromatic rings. The number of aromatic nitrogens is 2. The molecular weight excluding hydrogens is 386 g/mol. The first-order valence-corrected chi connectivity index (χ1v) is 12.2. The van der Waals surface area contributed by atoms with E-state index in [1.165, 1.54) is 19.3 Å². The number of hydrogen-bond acceptors (Lipinski definition) is 8. The van der Waals surface area contributed by atoms with Gasteiger partial charge in [-0.2, -0.15) is 0 Å². The molecule has 3 aliphatic rings. The van der Waals surface area contributed by atoms with Crippen LogP contribution in [0.2, 0.25) is 0 Å². The van der Waals surface area contributed by atoms with Gasteiger partial charge in [0.1, 0.15) is 0 Å². The van der Waals surface area contributed by atoms with E-state index < -0.39 is 9.84 Å². The number of rotatable bonds is 5. The van der Waals surface area contributed by atoms with Crippen LogP contribution in [0.25, 0.3) is 0 Å². The van der Waals surface area contributed by atoms with Crippen LogP contribution in [0.15, 0.2) is 4.42 Å². The molecule has 0 aliphatic carbocycles. The topological polar surface area (TPSA) is 74.8 Å². The Morgan fingerprint density at radius 2 is 1.78 bits per heavy atom. The lowest BCUT2D eigenvalue weighted by molar-refractivity contribution is 0.0802. The van der Waals surface area contributed by atoms with Gasteiger partial charge in [-0.15, -0.1) is 5.10 Å². The molecule has 3 saturated heterocycles. The molecule has 152 valence electrons. The van der Waals surface area contributed by atoms with Gasteiger partial charge in [0.15, 0.2) is 9.84 Å². The molecule has 27 heavy (non-hydrogen) atoms. The Bertz CT molecular complexity index is 792. The third-order valence-corrected chi connectivity index (χ3v) is 7.97. The zero-order valence-corrected chi connectivity index (χ0v) is 17.4. The average Bonchev–Trinajstić information content (AvgIpc) is 3.18. The van der Waals surface area contributed by atoms with Gasteiger partial charge in [-0.3, -0.25) is 14.7 Å². The number of hydrogen-bond donors (Lipinski definition) is 0. The van der Waals surface area contributed by atoms with Gasteiger partial charge in [-0.05, 0) is 44.6 Å². The van der Waals surface area contributed by atoms with E-state index in [9.17, 15) is 8.42 Å². The molecule has 0 unspecified atom stereocenters. The predicted molar refractivity (Wildman–Crippen MR) is 105 cm³/mol. The molecule has 0 aromatic carbocycles. The highest BCUT2D eigenvalue weighted by Gasteiger charge is 2.33. The van der Waals surface area contributed by atoms with Crippen LogP contribution in [0.5, 0.6) is 0 Å². The molecular formula is C17H29N5O3S2. The molecule has 1 aromatic heterocycles. The monoisotopic (exact) mass is 415 g/mol. The lowest BCUT2D eigenvalue weighted by Crippen LogP contribution is -2.50. The summed E-state index contributed by atoms with van der Waals surface area (Å²) in [6.45, 7) is 7.17. The molecule has 1 atom stereocenters. The van der Waals surface area contributed by atoms with Gasteiger partial charge in [-0.25, -0.2) is 13.1 Å². The van der Waals surface area contributed by atoms with E-state index in [0.29, 0.717) is 28.9 Å². The zero-order valence-electron chi connectivity index (χ0n) is 15.8. The van der Waals surface area contributed by atoms with E-state index in [0.717, 1.165) is 52.2 Å². The third-order valence-electron chi connectivity index (χ3n) is 5.92. The zero-order chi connectivity index (χ0) is 18.9. The molecule has 0 bridgehead atoms. The molecule has 3 fully saturated rings. The Kier molecular flexibility index (Phi) is 5.98. The van der Waals surface area contributed by atoms with Gasteiger partial charge >= 0.3 is 0 Å². The van der Waals surface area contributed by atoms with Crippen LogP contribution in [0, 0.1) is 4.84 Å². The molecule has 0 N–H and O–H groups in total. The van der Waals surface area contributed by atoms with Crippen molar-refractivity contribution in [1.82, 2.24) is 24.5 Å². The first-order valence-electron chi connectivity index (χ1n) is 9.94. The van der Waals surface area contributed by atoms with Crippen molar-refractivity contribution >= 4 is 22.1 Å². The second-order valence-electron chi connectivity index (χ2n) is 7.95. The summed E-state index contributed by atoms with van der Waals surface area (Å²) in [5.41, 5.74) is 0. The summed E-state index contributed by atoms with van der Waals surface area (Å²) in [7, 11) is -2.82. The van der Waals surface area contributed by atoms with Gasteiger partial charge < -0.3 is 4.42 Å². The maximum atomic E-state index is 11.7. The second-order valence-corrected chi connectivity index (χ2v) is 10.5. The summed E-state index contributed by atoms with van der Waals surface area (Å²) >= 11 is 5.36. The van der Waals surface area contributed by atoms with Gasteiger partial charge in [0.25, 0.3) is 4.84 Å². The number of likely N-dealkylation sites (tertiary alicyclic amines) is 1. The van der Waals surface area contributed by atoms with E-state index in [2.05, 4.69) is 19.8 Å². The van der Waals surface area contributed by atoms with E-state index >= 15 is 0 Å². The van der Waals surface area contributed by atoms with Gasteiger partial charge in [0.2, 0.25) is 5.89 Å². The number of nitrogens with zero attached hydrogens (tertiary/aromatic N) is 5. The molecule has 4 rings (SSSR count). The maximum Gasteiger partial charge on any atom is 0.288 e. The molecule has 0 amide bonds. The average molecular weight is 416 g/mol. The Balaban J connectivity index is 1.28. The molecule has 0 spiro atoms. The van der Waals surface area contributed by atoms with Gasteiger partial charge in [0, 0.05) is 32.2 Å². The van der Waals surface area contributed by atoms with Crippen LogP contribution in [0.3, 0.4) is 0 Å². The molecule has 0 radical (unpaired) electrons. The van der Waals surface area contributed by atoms with Crippen molar-refractivity contribution in [2.45, 2.75) is 44.9 Å². The molecule has 10 heteroatoms. The van der Waals surface area contributed by atoms with Crippen molar-refractivity contribution in [3.63, 3.8) is 0 Å². The van der Waals surface area contributed by atoms with E-state index in [4.69, 9.17) is 16.6 Å². The number of sulfone groups is 1. The van der Waals surface area contributed by atoms with Crippen LogP contribution >= 0.6 is 12.2 Å². The van der Waals surface area contributed by atoms with Crippen LogP contribution in [-0.2, 0) is 23.1 Å². The van der Waals surface area contributed by atoms with Crippen LogP contribution in [0.4, 0.5) is 0 Å².